The van der Waals surface area contributed by atoms with Crippen molar-refractivity contribution in [2.24, 2.45) is 0 Å². The first-order valence-electron chi connectivity index (χ1n) is 19.8. The van der Waals surface area contributed by atoms with Crippen molar-refractivity contribution in [1.82, 2.24) is 9.13 Å². The molecule has 0 atom stereocenters. The summed E-state index contributed by atoms with van der Waals surface area (Å²) in [6.45, 7) is 0. The first kappa shape index (κ1) is 33.0. The predicted octanol–water partition coefficient (Wildman–Crippen LogP) is 14.4. The van der Waals surface area contributed by atoms with Gasteiger partial charge in [-0.1, -0.05) is 140 Å². The minimum Gasteiger partial charge on any atom is -0.311 e. The van der Waals surface area contributed by atoms with Crippen LogP contribution >= 0.6 is 0 Å². The van der Waals surface area contributed by atoms with Crippen LogP contribution in [0.25, 0.3) is 71.7 Å². The minimum atomic E-state index is 0.982. The largest absolute Gasteiger partial charge is 0.311 e. The fraction of sp³-hybridized carbons (Fsp3) is 0.0370. The molecule has 1 aliphatic rings. The van der Waals surface area contributed by atoms with Crippen LogP contribution in [0.3, 0.4) is 0 Å². The topological polar surface area (TPSA) is 13.1 Å². The van der Waals surface area contributed by atoms with E-state index in [1.807, 2.05) is 0 Å². The van der Waals surface area contributed by atoms with Gasteiger partial charge in [-0.15, -0.1) is 0 Å². The Morgan fingerprint density at radius 2 is 0.842 bits per heavy atom. The van der Waals surface area contributed by atoms with E-state index in [1.54, 1.807) is 0 Å². The van der Waals surface area contributed by atoms with Gasteiger partial charge in [0.1, 0.15) is 0 Å². The fourth-order valence-corrected chi connectivity index (χ4v) is 8.93. The summed E-state index contributed by atoms with van der Waals surface area (Å²) in [5.74, 6) is 0. The molecular formula is C54H39N3. The number of aromatic nitrogens is 2. The van der Waals surface area contributed by atoms with Gasteiger partial charge in [0.2, 0.25) is 0 Å². The quantitative estimate of drug-likeness (QED) is 0.159. The summed E-state index contributed by atoms with van der Waals surface area (Å²) in [6, 6.07) is 72.7. The van der Waals surface area contributed by atoms with E-state index in [4.69, 9.17) is 0 Å². The molecule has 0 fully saturated rings. The van der Waals surface area contributed by atoms with Crippen LogP contribution in [0.2, 0.25) is 0 Å². The summed E-state index contributed by atoms with van der Waals surface area (Å²) in [6.07, 6.45) is 6.78. The molecule has 0 radical (unpaired) electrons. The Kier molecular flexibility index (Phi) is 7.96. The number of anilines is 2. The lowest BCUT2D eigenvalue weighted by Crippen LogP contribution is -2.17. The van der Waals surface area contributed by atoms with Gasteiger partial charge in [-0.05, 0) is 108 Å². The van der Waals surface area contributed by atoms with E-state index in [2.05, 4.69) is 226 Å². The highest BCUT2D eigenvalue weighted by Gasteiger charge is 2.20. The molecule has 3 nitrogen and oxygen atoms in total. The first-order valence-corrected chi connectivity index (χ1v) is 19.8. The molecule has 2 heterocycles. The Hall–Kier alpha value is -7.36. The summed E-state index contributed by atoms with van der Waals surface area (Å²) < 4.78 is 4.78. The molecule has 0 spiro atoms. The molecule has 8 aromatic carbocycles. The lowest BCUT2D eigenvalue weighted by molar-refractivity contribution is 1.01. The Balaban J connectivity index is 1.01. The molecule has 1 aliphatic carbocycles. The molecule has 0 N–H and O–H groups in total. The van der Waals surface area contributed by atoms with Crippen molar-refractivity contribution in [3.8, 4) is 22.5 Å². The molecule has 11 rings (SSSR count). The molecule has 57 heavy (non-hydrogen) atoms. The van der Waals surface area contributed by atoms with E-state index in [9.17, 15) is 0 Å². The van der Waals surface area contributed by atoms with E-state index in [0.717, 1.165) is 35.6 Å². The number of allylic oxidation sites excluding steroid dienone is 3. The van der Waals surface area contributed by atoms with Crippen LogP contribution in [-0.4, -0.2) is 9.13 Å². The predicted molar refractivity (Wildman–Crippen MR) is 241 cm³/mol. The van der Waals surface area contributed by atoms with Crippen molar-refractivity contribution >= 4 is 60.6 Å². The van der Waals surface area contributed by atoms with Gasteiger partial charge in [0.15, 0.2) is 0 Å². The SMILES string of the molecule is C1=C(c2ccccc2)CCC=C1N(c1ccc(-c2ccc(-n3c4ccccc4c4ccccc43)cc2)cc1)c1ccc2c3ccccc3n(-c3ccccc3)c2c1. The lowest BCUT2D eigenvalue weighted by Gasteiger charge is -2.29. The molecule has 2 aromatic heterocycles. The molecule has 3 heteroatoms. The van der Waals surface area contributed by atoms with Gasteiger partial charge in [0.25, 0.3) is 0 Å². The van der Waals surface area contributed by atoms with Gasteiger partial charge < -0.3 is 14.0 Å². The van der Waals surface area contributed by atoms with Gasteiger partial charge in [-0.2, -0.15) is 0 Å². The zero-order chi connectivity index (χ0) is 37.7. The third kappa shape index (κ3) is 5.67. The second kappa shape index (κ2) is 13.7. The van der Waals surface area contributed by atoms with Crippen LogP contribution in [0, 0.1) is 0 Å². The van der Waals surface area contributed by atoms with Crippen LogP contribution in [0.15, 0.2) is 218 Å². The first-order chi connectivity index (χ1) is 28.3. The van der Waals surface area contributed by atoms with Gasteiger partial charge in [-0.3, -0.25) is 0 Å². The third-order valence-electron chi connectivity index (χ3n) is 11.6. The van der Waals surface area contributed by atoms with Crippen LogP contribution in [0.4, 0.5) is 11.4 Å². The van der Waals surface area contributed by atoms with Crippen LogP contribution in [0.5, 0.6) is 0 Å². The summed E-state index contributed by atoms with van der Waals surface area (Å²) >= 11 is 0. The molecule has 0 saturated carbocycles. The molecule has 10 aromatic rings. The zero-order valence-corrected chi connectivity index (χ0v) is 31.5. The lowest BCUT2D eigenvalue weighted by atomic mass is 9.95. The number of fused-ring (bicyclic) bond motifs is 6. The van der Waals surface area contributed by atoms with Crippen molar-refractivity contribution in [3.63, 3.8) is 0 Å². The fourth-order valence-electron chi connectivity index (χ4n) is 8.93. The monoisotopic (exact) mass is 729 g/mol. The van der Waals surface area contributed by atoms with E-state index in [0.29, 0.717) is 0 Å². The van der Waals surface area contributed by atoms with Crippen molar-refractivity contribution in [2.45, 2.75) is 12.8 Å². The summed E-state index contributed by atoms with van der Waals surface area (Å²) in [7, 11) is 0. The van der Waals surface area contributed by atoms with Gasteiger partial charge >= 0.3 is 0 Å². The molecule has 0 unspecified atom stereocenters. The summed E-state index contributed by atoms with van der Waals surface area (Å²) in [5.41, 5.74) is 15.6. The number of nitrogens with zero attached hydrogens (tertiary/aromatic N) is 3. The van der Waals surface area contributed by atoms with E-state index >= 15 is 0 Å². The number of hydrogen-bond donors (Lipinski definition) is 0. The number of benzene rings is 8. The standard InChI is InChI=1S/C54H39N3/c1-3-14-38(15-4-1)41-16-13-19-45(36-41)55(46-34-35-50-49-22-9-12-25-53(49)57(54(50)37-46)42-17-5-2-6-18-42)43-30-26-39(27-31-43)40-28-32-44(33-29-40)56-51-23-10-7-20-47(51)48-21-8-11-24-52(48)56/h1-12,14-15,17-37H,13,16H2. The number of rotatable bonds is 7. The van der Waals surface area contributed by atoms with Crippen molar-refractivity contribution in [1.29, 1.82) is 0 Å². The zero-order valence-electron chi connectivity index (χ0n) is 31.5. The maximum Gasteiger partial charge on any atom is 0.0561 e. The molecule has 0 aliphatic heterocycles. The summed E-state index contributed by atoms with van der Waals surface area (Å²) in [5, 5.41) is 5.05. The smallest absolute Gasteiger partial charge is 0.0561 e. The Labute approximate surface area is 332 Å². The van der Waals surface area contributed by atoms with Gasteiger partial charge in [-0.25, -0.2) is 0 Å². The molecule has 0 saturated heterocycles. The van der Waals surface area contributed by atoms with Crippen LogP contribution in [-0.2, 0) is 0 Å². The Morgan fingerprint density at radius 3 is 1.46 bits per heavy atom. The summed E-state index contributed by atoms with van der Waals surface area (Å²) in [4.78, 5) is 2.43. The van der Waals surface area contributed by atoms with Gasteiger partial charge in [0.05, 0.1) is 22.1 Å². The highest BCUT2D eigenvalue weighted by molar-refractivity contribution is 6.11. The average molecular weight is 730 g/mol. The van der Waals surface area contributed by atoms with E-state index < -0.39 is 0 Å². The van der Waals surface area contributed by atoms with Gasteiger partial charge in [0, 0.05) is 50.0 Å². The van der Waals surface area contributed by atoms with Crippen molar-refractivity contribution in [2.75, 3.05) is 4.90 Å². The molecule has 0 amide bonds. The molecular weight excluding hydrogens is 691 g/mol. The number of hydrogen-bond acceptors (Lipinski definition) is 1. The maximum absolute atomic E-state index is 2.43. The second-order valence-corrected chi connectivity index (χ2v) is 14.9. The van der Waals surface area contributed by atoms with Crippen molar-refractivity contribution < 1.29 is 0 Å². The maximum atomic E-state index is 2.43. The molecule has 0 bridgehead atoms. The second-order valence-electron chi connectivity index (χ2n) is 14.9. The number of para-hydroxylation sites is 4. The van der Waals surface area contributed by atoms with Crippen molar-refractivity contribution in [3.05, 3.63) is 224 Å². The van der Waals surface area contributed by atoms with E-state index in [-0.39, 0.29) is 0 Å². The highest BCUT2D eigenvalue weighted by Crippen LogP contribution is 2.41. The molecule has 270 valence electrons. The highest BCUT2D eigenvalue weighted by atomic mass is 15.1. The Morgan fingerprint density at radius 1 is 0.368 bits per heavy atom. The van der Waals surface area contributed by atoms with Crippen LogP contribution < -0.4 is 4.90 Å². The minimum absolute atomic E-state index is 0.982. The average Bonchev–Trinajstić information content (AvgIpc) is 3.80. The Bertz CT molecular complexity index is 3090. The van der Waals surface area contributed by atoms with E-state index in [1.165, 1.54) is 71.6 Å². The normalized spacial score (nSPS) is 13.0. The van der Waals surface area contributed by atoms with Crippen LogP contribution in [0.1, 0.15) is 18.4 Å². The third-order valence-corrected chi connectivity index (χ3v) is 11.6.